The first-order valence-electron chi connectivity index (χ1n) is 6.42. The molecule has 1 amide bonds. The van der Waals surface area contributed by atoms with Gasteiger partial charge in [-0.3, -0.25) is 4.79 Å². The van der Waals surface area contributed by atoms with Crippen molar-refractivity contribution in [2.75, 3.05) is 11.9 Å². The van der Waals surface area contributed by atoms with E-state index in [2.05, 4.69) is 32.6 Å². The number of carbonyl (C=O) groups is 1. The highest BCUT2D eigenvalue weighted by molar-refractivity contribution is 9.10. The van der Waals surface area contributed by atoms with Crippen LogP contribution < -0.4 is 10.6 Å². The number of rotatable bonds is 4. The van der Waals surface area contributed by atoms with Crippen molar-refractivity contribution in [1.82, 2.24) is 5.32 Å². The number of nitriles is 1. The minimum absolute atomic E-state index is 0.0580. The molecule has 1 aromatic carbocycles. The molecule has 2 rings (SSSR count). The van der Waals surface area contributed by atoms with E-state index in [1.807, 2.05) is 0 Å². The molecule has 1 fully saturated rings. The van der Waals surface area contributed by atoms with E-state index in [9.17, 15) is 4.79 Å². The Hall–Kier alpha value is -1.38. The van der Waals surface area contributed by atoms with E-state index in [1.165, 1.54) is 12.8 Å². The molecule has 100 valence electrons. The van der Waals surface area contributed by atoms with Gasteiger partial charge >= 0.3 is 0 Å². The number of anilines is 1. The van der Waals surface area contributed by atoms with Gasteiger partial charge in [-0.1, -0.05) is 12.8 Å². The third-order valence-corrected chi connectivity index (χ3v) is 3.93. The average Bonchev–Trinajstić information content (AvgIpc) is 2.92. The Morgan fingerprint density at radius 1 is 1.42 bits per heavy atom. The number of nitrogens with zero attached hydrogens (tertiary/aromatic N) is 1. The molecule has 0 atom stereocenters. The van der Waals surface area contributed by atoms with Crippen LogP contribution in [0.3, 0.4) is 0 Å². The minimum atomic E-state index is -0.0580. The predicted octanol–water partition coefficient (Wildman–Crippen LogP) is 2.79. The zero-order chi connectivity index (χ0) is 13.7. The number of hydrogen-bond acceptors (Lipinski definition) is 3. The van der Waals surface area contributed by atoms with E-state index < -0.39 is 0 Å². The molecule has 1 saturated carbocycles. The van der Waals surface area contributed by atoms with Gasteiger partial charge in [-0.2, -0.15) is 5.26 Å². The first kappa shape index (κ1) is 14.0. The van der Waals surface area contributed by atoms with E-state index in [0.717, 1.165) is 17.3 Å². The molecular formula is C14H16BrN3O. The van der Waals surface area contributed by atoms with Gasteiger partial charge in [0.05, 0.1) is 23.9 Å². The Kier molecular flexibility index (Phi) is 4.94. The Morgan fingerprint density at radius 2 is 2.16 bits per heavy atom. The van der Waals surface area contributed by atoms with Crippen molar-refractivity contribution in [2.45, 2.75) is 31.7 Å². The SMILES string of the molecule is N#Cc1ccc(NC(=O)CNC2CCCC2)c(Br)c1. The van der Waals surface area contributed by atoms with Crippen LogP contribution >= 0.6 is 15.9 Å². The standard InChI is InChI=1S/C14H16BrN3O/c15-12-7-10(8-16)5-6-13(12)18-14(19)9-17-11-3-1-2-4-11/h5-7,11,17H,1-4,9H2,(H,18,19). The summed E-state index contributed by atoms with van der Waals surface area (Å²) in [5.41, 5.74) is 1.26. The van der Waals surface area contributed by atoms with E-state index in [-0.39, 0.29) is 5.91 Å². The Balaban J connectivity index is 1.86. The lowest BCUT2D eigenvalue weighted by Gasteiger charge is -2.12. The molecule has 0 spiro atoms. The second kappa shape index (κ2) is 6.69. The van der Waals surface area contributed by atoms with E-state index >= 15 is 0 Å². The van der Waals surface area contributed by atoms with Crippen molar-refractivity contribution in [1.29, 1.82) is 5.26 Å². The number of benzene rings is 1. The second-order valence-corrected chi connectivity index (χ2v) is 5.57. The fourth-order valence-electron chi connectivity index (χ4n) is 2.25. The third kappa shape index (κ3) is 4.05. The molecular weight excluding hydrogens is 306 g/mol. The monoisotopic (exact) mass is 321 g/mol. The summed E-state index contributed by atoms with van der Waals surface area (Å²) in [5.74, 6) is -0.0580. The third-order valence-electron chi connectivity index (χ3n) is 3.28. The Labute approximate surface area is 121 Å². The molecule has 2 N–H and O–H groups in total. The summed E-state index contributed by atoms with van der Waals surface area (Å²) >= 11 is 3.35. The molecule has 0 radical (unpaired) electrons. The molecule has 0 saturated heterocycles. The lowest BCUT2D eigenvalue weighted by molar-refractivity contribution is -0.115. The minimum Gasteiger partial charge on any atom is -0.324 e. The molecule has 4 nitrogen and oxygen atoms in total. The van der Waals surface area contributed by atoms with Gasteiger partial charge in [0.2, 0.25) is 5.91 Å². The lowest BCUT2D eigenvalue weighted by atomic mass is 10.2. The van der Waals surface area contributed by atoms with Crippen LogP contribution in [-0.2, 0) is 4.79 Å². The second-order valence-electron chi connectivity index (χ2n) is 4.72. The molecule has 0 heterocycles. The fourth-order valence-corrected chi connectivity index (χ4v) is 2.73. The number of halogens is 1. The van der Waals surface area contributed by atoms with Crippen LogP contribution in [0.25, 0.3) is 0 Å². The number of carbonyl (C=O) groups excluding carboxylic acids is 1. The summed E-state index contributed by atoms with van der Waals surface area (Å²) in [4.78, 5) is 11.8. The van der Waals surface area contributed by atoms with Crippen LogP contribution in [0.2, 0.25) is 0 Å². The van der Waals surface area contributed by atoms with E-state index in [4.69, 9.17) is 5.26 Å². The van der Waals surface area contributed by atoms with Crippen molar-refractivity contribution in [2.24, 2.45) is 0 Å². The predicted molar refractivity (Wildman–Crippen MR) is 77.7 cm³/mol. The molecule has 19 heavy (non-hydrogen) atoms. The molecule has 1 aromatic rings. The summed E-state index contributed by atoms with van der Waals surface area (Å²) in [6, 6.07) is 7.65. The van der Waals surface area contributed by atoms with Crippen LogP contribution in [0.4, 0.5) is 5.69 Å². The molecule has 1 aliphatic carbocycles. The van der Waals surface area contributed by atoms with Gasteiger partial charge in [0.1, 0.15) is 0 Å². The van der Waals surface area contributed by atoms with Gasteiger partial charge in [0.25, 0.3) is 0 Å². The van der Waals surface area contributed by atoms with Crippen molar-refractivity contribution in [3.63, 3.8) is 0 Å². The Bertz CT molecular complexity index is 504. The largest absolute Gasteiger partial charge is 0.324 e. The zero-order valence-corrected chi connectivity index (χ0v) is 12.2. The van der Waals surface area contributed by atoms with Crippen LogP contribution in [0, 0.1) is 11.3 Å². The molecule has 5 heteroatoms. The highest BCUT2D eigenvalue weighted by Crippen LogP contribution is 2.23. The van der Waals surface area contributed by atoms with Crippen LogP contribution in [-0.4, -0.2) is 18.5 Å². The quantitative estimate of drug-likeness (QED) is 0.896. The summed E-state index contributed by atoms with van der Waals surface area (Å²) in [6.45, 7) is 0.330. The maximum absolute atomic E-state index is 11.8. The molecule has 0 bridgehead atoms. The van der Waals surface area contributed by atoms with Crippen LogP contribution in [0.5, 0.6) is 0 Å². The lowest BCUT2D eigenvalue weighted by Crippen LogP contribution is -2.34. The van der Waals surface area contributed by atoms with Crippen molar-refractivity contribution >= 4 is 27.5 Å². The Morgan fingerprint density at radius 3 is 2.79 bits per heavy atom. The zero-order valence-electron chi connectivity index (χ0n) is 10.6. The summed E-state index contributed by atoms with van der Waals surface area (Å²) in [6.07, 6.45) is 4.82. The first-order valence-corrected chi connectivity index (χ1v) is 7.21. The van der Waals surface area contributed by atoms with Gasteiger partial charge in [0.15, 0.2) is 0 Å². The number of amides is 1. The van der Waals surface area contributed by atoms with Crippen molar-refractivity contribution < 1.29 is 4.79 Å². The highest BCUT2D eigenvalue weighted by Gasteiger charge is 2.15. The highest BCUT2D eigenvalue weighted by atomic mass is 79.9. The van der Waals surface area contributed by atoms with E-state index in [0.29, 0.717) is 23.8 Å². The summed E-state index contributed by atoms with van der Waals surface area (Å²) in [5, 5.41) is 14.9. The van der Waals surface area contributed by atoms with Gasteiger partial charge in [-0.25, -0.2) is 0 Å². The summed E-state index contributed by atoms with van der Waals surface area (Å²) < 4.78 is 0.723. The summed E-state index contributed by atoms with van der Waals surface area (Å²) in [7, 11) is 0. The fraction of sp³-hybridized carbons (Fsp3) is 0.429. The first-order chi connectivity index (χ1) is 9.19. The van der Waals surface area contributed by atoms with Crippen LogP contribution in [0.1, 0.15) is 31.2 Å². The van der Waals surface area contributed by atoms with Gasteiger partial charge in [-0.15, -0.1) is 0 Å². The maximum Gasteiger partial charge on any atom is 0.238 e. The van der Waals surface area contributed by atoms with E-state index in [1.54, 1.807) is 18.2 Å². The molecule has 1 aliphatic rings. The van der Waals surface area contributed by atoms with Crippen LogP contribution in [0.15, 0.2) is 22.7 Å². The molecule has 0 aromatic heterocycles. The maximum atomic E-state index is 11.8. The molecule has 0 unspecified atom stereocenters. The normalized spacial score (nSPS) is 15.2. The topological polar surface area (TPSA) is 64.9 Å². The molecule has 0 aliphatic heterocycles. The van der Waals surface area contributed by atoms with Gasteiger partial charge in [-0.05, 0) is 47.0 Å². The number of hydrogen-bond donors (Lipinski definition) is 2. The average molecular weight is 322 g/mol. The van der Waals surface area contributed by atoms with Gasteiger partial charge < -0.3 is 10.6 Å². The van der Waals surface area contributed by atoms with Crippen molar-refractivity contribution in [3.05, 3.63) is 28.2 Å². The van der Waals surface area contributed by atoms with Gasteiger partial charge in [0, 0.05) is 10.5 Å². The van der Waals surface area contributed by atoms with Crippen molar-refractivity contribution in [3.8, 4) is 6.07 Å². The smallest absolute Gasteiger partial charge is 0.238 e. The number of nitrogens with one attached hydrogen (secondary N) is 2.